The Labute approximate surface area is 124 Å². The Balaban J connectivity index is 2.21. The first-order valence-electron chi connectivity index (χ1n) is 6.51. The highest BCUT2D eigenvalue weighted by Gasteiger charge is 2.30. The predicted octanol–water partition coefficient (Wildman–Crippen LogP) is 1.11. The molecule has 0 radical (unpaired) electrons. The van der Waals surface area contributed by atoms with Crippen molar-refractivity contribution in [2.75, 3.05) is 0 Å². The molecular weight excluding hydrogens is 294 g/mol. The molecule has 108 valence electrons. The number of carbonyl (C=O) groups excluding carboxylic acids is 2. The summed E-state index contributed by atoms with van der Waals surface area (Å²) in [5, 5.41) is 2.67. The maximum Gasteiger partial charge on any atom is 0.262 e. The van der Waals surface area contributed by atoms with E-state index in [0.717, 1.165) is 0 Å². The standard InChI is InChI=1S/C14H12ClN3O3/c15-7-11-16-9-4-2-1-3-8(9)14(21)18(11)10-5-6-12(19)17-13(10)20/h1-4,10H,5-7H2,(H,17,19,20). The largest absolute Gasteiger partial charge is 0.295 e. The van der Waals surface area contributed by atoms with Crippen molar-refractivity contribution >= 4 is 34.3 Å². The Kier molecular flexibility index (Phi) is 3.47. The van der Waals surface area contributed by atoms with E-state index in [1.807, 2.05) is 0 Å². The Hall–Kier alpha value is -2.21. The minimum Gasteiger partial charge on any atom is -0.295 e. The molecule has 1 aromatic carbocycles. The van der Waals surface area contributed by atoms with E-state index in [2.05, 4.69) is 10.3 Å². The molecule has 1 aromatic heterocycles. The zero-order valence-corrected chi connectivity index (χ0v) is 11.8. The van der Waals surface area contributed by atoms with Crippen molar-refractivity contribution in [3.8, 4) is 0 Å². The first-order valence-corrected chi connectivity index (χ1v) is 7.05. The van der Waals surface area contributed by atoms with Crippen LogP contribution in [0.2, 0.25) is 0 Å². The molecular formula is C14H12ClN3O3. The van der Waals surface area contributed by atoms with Gasteiger partial charge in [0.05, 0.1) is 16.8 Å². The monoisotopic (exact) mass is 305 g/mol. The second kappa shape index (κ2) is 5.29. The van der Waals surface area contributed by atoms with Gasteiger partial charge in [-0.25, -0.2) is 4.98 Å². The van der Waals surface area contributed by atoms with Crippen molar-refractivity contribution in [3.63, 3.8) is 0 Å². The van der Waals surface area contributed by atoms with Crippen LogP contribution in [0.3, 0.4) is 0 Å². The lowest BCUT2D eigenvalue weighted by molar-refractivity contribution is -0.135. The van der Waals surface area contributed by atoms with Crippen molar-refractivity contribution in [2.24, 2.45) is 0 Å². The normalized spacial score (nSPS) is 18.8. The van der Waals surface area contributed by atoms with Crippen LogP contribution in [-0.4, -0.2) is 21.4 Å². The van der Waals surface area contributed by atoms with E-state index in [1.165, 1.54) is 4.57 Å². The average molecular weight is 306 g/mol. The van der Waals surface area contributed by atoms with E-state index in [0.29, 0.717) is 16.7 Å². The maximum atomic E-state index is 12.6. The lowest BCUT2D eigenvalue weighted by Gasteiger charge is -2.24. The SMILES string of the molecule is O=C1CCC(n2c(CCl)nc3ccccc3c2=O)C(=O)N1. The molecule has 3 rings (SSSR count). The summed E-state index contributed by atoms with van der Waals surface area (Å²) in [6.07, 6.45) is 0.464. The van der Waals surface area contributed by atoms with E-state index in [4.69, 9.17) is 11.6 Å². The number of aromatic nitrogens is 2. The van der Waals surface area contributed by atoms with Crippen LogP contribution in [0.4, 0.5) is 0 Å². The van der Waals surface area contributed by atoms with Gasteiger partial charge >= 0.3 is 0 Å². The number of nitrogens with zero attached hydrogens (tertiary/aromatic N) is 2. The van der Waals surface area contributed by atoms with Crippen LogP contribution in [-0.2, 0) is 15.5 Å². The maximum absolute atomic E-state index is 12.6. The van der Waals surface area contributed by atoms with Gasteiger partial charge in [-0.1, -0.05) is 12.1 Å². The van der Waals surface area contributed by atoms with Gasteiger partial charge in [0.25, 0.3) is 5.56 Å². The number of carbonyl (C=O) groups is 2. The van der Waals surface area contributed by atoms with Crippen LogP contribution in [0.25, 0.3) is 10.9 Å². The molecule has 7 heteroatoms. The summed E-state index contributed by atoms with van der Waals surface area (Å²) in [5.41, 5.74) is 0.229. The summed E-state index contributed by atoms with van der Waals surface area (Å²) in [5.74, 6) is -0.477. The van der Waals surface area contributed by atoms with Crippen LogP contribution < -0.4 is 10.9 Å². The molecule has 0 aliphatic carbocycles. The van der Waals surface area contributed by atoms with E-state index >= 15 is 0 Å². The van der Waals surface area contributed by atoms with Crippen LogP contribution in [0.15, 0.2) is 29.1 Å². The van der Waals surface area contributed by atoms with Crippen molar-refractivity contribution in [1.82, 2.24) is 14.9 Å². The summed E-state index contributed by atoms with van der Waals surface area (Å²) < 4.78 is 1.30. The van der Waals surface area contributed by atoms with Crippen molar-refractivity contribution < 1.29 is 9.59 Å². The van der Waals surface area contributed by atoms with Gasteiger partial charge in [-0.05, 0) is 18.6 Å². The van der Waals surface area contributed by atoms with E-state index in [9.17, 15) is 14.4 Å². The van der Waals surface area contributed by atoms with E-state index in [1.54, 1.807) is 24.3 Å². The van der Waals surface area contributed by atoms with Crippen molar-refractivity contribution in [2.45, 2.75) is 24.8 Å². The highest BCUT2D eigenvalue weighted by atomic mass is 35.5. The number of imide groups is 1. The zero-order valence-electron chi connectivity index (χ0n) is 11.0. The molecule has 1 saturated heterocycles. The summed E-state index contributed by atoms with van der Waals surface area (Å²) in [4.78, 5) is 40.2. The summed E-state index contributed by atoms with van der Waals surface area (Å²) in [7, 11) is 0. The number of alkyl halides is 1. The highest BCUT2D eigenvalue weighted by Crippen LogP contribution is 2.20. The number of fused-ring (bicyclic) bond motifs is 1. The molecule has 6 nitrogen and oxygen atoms in total. The fourth-order valence-corrected chi connectivity index (χ4v) is 2.72. The van der Waals surface area contributed by atoms with Crippen molar-refractivity contribution in [1.29, 1.82) is 0 Å². The molecule has 1 fully saturated rings. The second-order valence-electron chi connectivity index (χ2n) is 4.82. The second-order valence-corrected chi connectivity index (χ2v) is 5.09. The van der Waals surface area contributed by atoms with Gasteiger partial charge in [-0.2, -0.15) is 0 Å². The number of amides is 2. The molecule has 1 aliphatic heterocycles. The Morgan fingerprint density at radius 1 is 1.29 bits per heavy atom. The smallest absolute Gasteiger partial charge is 0.262 e. The zero-order chi connectivity index (χ0) is 15.0. The van der Waals surface area contributed by atoms with Gasteiger partial charge in [0, 0.05) is 6.42 Å². The molecule has 0 bridgehead atoms. The van der Waals surface area contributed by atoms with Gasteiger partial charge in [-0.15, -0.1) is 11.6 Å². The lowest BCUT2D eigenvalue weighted by atomic mass is 10.1. The van der Waals surface area contributed by atoms with Crippen molar-refractivity contribution in [3.05, 3.63) is 40.4 Å². The number of para-hydroxylation sites is 1. The van der Waals surface area contributed by atoms with Crippen LogP contribution >= 0.6 is 11.6 Å². The number of halogens is 1. The van der Waals surface area contributed by atoms with Gasteiger partial charge in [0.15, 0.2) is 0 Å². The summed E-state index contributed by atoms with van der Waals surface area (Å²) >= 11 is 5.88. The molecule has 1 N–H and O–H groups in total. The molecule has 2 heterocycles. The molecule has 0 saturated carbocycles. The topological polar surface area (TPSA) is 81.1 Å². The minimum absolute atomic E-state index is 0.0117. The lowest BCUT2D eigenvalue weighted by Crippen LogP contribution is -2.45. The number of benzene rings is 1. The number of nitrogens with one attached hydrogen (secondary N) is 1. The minimum atomic E-state index is -0.749. The fraction of sp³-hybridized carbons (Fsp3) is 0.286. The molecule has 1 aliphatic rings. The first-order chi connectivity index (χ1) is 10.1. The molecule has 1 unspecified atom stereocenters. The molecule has 21 heavy (non-hydrogen) atoms. The van der Waals surface area contributed by atoms with E-state index in [-0.39, 0.29) is 30.2 Å². The summed E-state index contributed by atoms with van der Waals surface area (Å²) in [6, 6.07) is 6.15. The predicted molar refractivity (Wildman–Crippen MR) is 77.0 cm³/mol. The molecule has 2 amide bonds. The number of hydrogen-bond donors (Lipinski definition) is 1. The fourth-order valence-electron chi connectivity index (χ4n) is 2.54. The van der Waals surface area contributed by atoms with Crippen LogP contribution in [0.5, 0.6) is 0 Å². The third kappa shape index (κ3) is 2.31. The number of hydrogen-bond acceptors (Lipinski definition) is 4. The molecule has 0 spiro atoms. The first kappa shape index (κ1) is 13.8. The Morgan fingerprint density at radius 2 is 2.05 bits per heavy atom. The van der Waals surface area contributed by atoms with Crippen LogP contribution in [0.1, 0.15) is 24.7 Å². The third-order valence-electron chi connectivity index (χ3n) is 3.52. The number of piperidine rings is 1. The Bertz CT molecular complexity index is 800. The molecule has 1 atom stereocenters. The van der Waals surface area contributed by atoms with E-state index < -0.39 is 11.9 Å². The molecule has 2 aromatic rings. The highest BCUT2D eigenvalue weighted by molar-refractivity contribution is 6.16. The summed E-state index contributed by atoms with van der Waals surface area (Å²) in [6.45, 7) is 0. The average Bonchev–Trinajstić information content (AvgIpc) is 2.48. The van der Waals surface area contributed by atoms with Crippen LogP contribution in [0, 0.1) is 0 Å². The van der Waals surface area contributed by atoms with Gasteiger partial charge in [0.1, 0.15) is 11.9 Å². The Morgan fingerprint density at radius 3 is 2.76 bits per heavy atom. The van der Waals surface area contributed by atoms with Gasteiger partial charge in [0.2, 0.25) is 11.8 Å². The number of rotatable bonds is 2. The quantitative estimate of drug-likeness (QED) is 0.666. The third-order valence-corrected chi connectivity index (χ3v) is 3.76. The van der Waals surface area contributed by atoms with Gasteiger partial charge < -0.3 is 0 Å². The van der Waals surface area contributed by atoms with Gasteiger partial charge in [-0.3, -0.25) is 24.3 Å².